The summed E-state index contributed by atoms with van der Waals surface area (Å²) in [4.78, 5) is 10.6. The van der Waals surface area contributed by atoms with Crippen LogP contribution in [0.1, 0.15) is 25.0 Å². The van der Waals surface area contributed by atoms with Crippen LogP contribution in [-0.4, -0.2) is 18.2 Å². The molecule has 0 aliphatic heterocycles. The van der Waals surface area contributed by atoms with Crippen molar-refractivity contribution in [1.82, 2.24) is 0 Å². The smallest absolute Gasteiger partial charge is 0.328 e. The molecule has 0 aliphatic carbocycles. The molecule has 0 unspecified atom stereocenters. The Kier molecular flexibility index (Phi) is 4.11. The second-order valence-electron chi connectivity index (χ2n) is 3.55. The summed E-state index contributed by atoms with van der Waals surface area (Å²) in [6.07, 6.45) is 2.11. The second kappa shape index (κ2) is 5.35. The highest BCUT2D eigenvalue weighted by Gasteiger charge is 2.07. The summed E-state index contributed by atoms with van der Waals surface area (Å²) >= 11 is 0. The number of allylic oxidation sites excluding steroid dienone is 1. The zero-order chi connectivity index (χ0) is 12.1. The number of methoxy groups -OCH3 is 1. The van der Waals surface area contributed by atoms with Gasteiger partial charge in [-0.25, -0.2) is 4.79 Å². The molecule has 1 aromatic rings. The Morgan fingerprint density at radius 1 is 1.50 bits per heavy atom. The first-order chi connectivity index (χ1) is 7.58. The maximum Gasteiger partial charge on any atom is 0.328 e. The predicted molar refractivity (Wildman–Crippen MR) is 63.7 cm³/mol. The number of rotatable bonds is 4. The van der Waals surface area contributed by atoms with E-state index < -0.39 is 5.97 Å². The first kappa shape index (κ1) is 12.3. The standard InChI is InChI=1S/C13H16O3/c1-4-10-5-6-12(16-3)11(8-10)9(2)7-13(14)15/h5-8H,4H2,1-3H3,(H,14,15)/b9-7+. The first-order valence-electron chi connectivity index (χ1n) is 5.17. The van der Waals surface area contributed by atoms with Gasteiger partial charge in [0.25, 0.3) is 0 Å². The fourth-order valence-electron chi connectivity index (χ4n) is 1.55. The lowest BCUT2D eigenvalue weighted by Crippen LogP contribution is -1.95. The van der Waals surface area contributed by atoms with E-state index in [4.69, 9.17) is 9.84 Å². The Balaban J connectivity index is 3.23. The van der Waals surface area contributed by atoms with Crippen LogP contribution in [0, 0.1) is 0 Å². The molecule has 0 amide bonds. The number of carboxylic acid groups (broad SMARTS) is 1. The number of carboxylic acids is 1. The number of hydrogen-bond acceptors (Lipinski definition) is 2. The van der Waals surface area contributed by atoms with Gasteiger partial charge in [-0.3, -0.25) is 0 Å². The second-order valence-corrected chi connectivity index (χ2v) is 3.55. The van der Waals surface area contributed by atoms with E-state index in [0.29, 0.717) is 11.3 Å². The lowest BCUT2D eigenvalue weighted by atomic mass is 10.0. The van der Waals surface area contributed by atoms with Crippen LogP contribution in [0.5, 0.6) is 5.75 Å². The quantitative estimate of drug-likeness (QED) is 0.793. The number of ether oxygens (including phenoxy) is 1. The molecule has 1 N–H and O–H groups in total. The molecule has 3 nitrogen and oxygen atoms in total. The molecule has 86 valence electrons. The van der Waals surface area contributed by atoms with Crippen LogP contribution in [0.25, 0.3) is 5.57 Å². The maximum atomic E-state index is 10.6. The third kappa shape index (κ3) is 2.86. The lowest BCUT2D eigenvalue weighted by Gasteiger charge is -2.10. The van der Waals surface area contributed by atoms with Crippen molar-refractivity contribution >= 4 is 11.5 Å². The SMILES string of the molecule is CCc1ccc(OC)c(/C(C)=C/C(=O)O)c1. The van der Waals surface area contributed by atoms with Crippen LogP contribution in [0.2, 0.25) is 0 Å². The van der Waals surface area contributed by atoms with Gasteiger partial charge in [-0.15, -0.1) is 0 Å². The number of aliphatic carboxylic acids is 1. The molecule has 16 heavy (non-hydrogen) atoms. The Morgan fingerprint density at radius 2 is 2.19 bits per heavy atom. The van der Waals surface area contributed by atoms with E-state index in [9.17, 15) is 4.79 Å². The van der Waals surface area contributed by atoms with Crippen LogP contribution in [0.3, 0.4) is 0 Å². The number of carbonyl (C=O) groups is 1. The molecule has 0 atom stereocenters. The van der Waals surface area contributed by atoms with E-state index in [1.807, 2.05) is 18.2 Å². The van der Waals surface area contributed by atoms with Crippen LogP contribution in [0.15, 0.2) is 24.3 Å². The molecule has 0 heterocycles. The van der Waals surface area contributed by atoms with E-state index in [1.165, 1.54) is 6.08 Å². The van der Waals surface area contributed by atoms with Crippen molar-refractivity contribution in [3.63, 3.8) is 0 Å². The van der Waals surface area contributed by atoms with E-state index in [0.717, 1.165) is 17.5 Å². The Labute approximate surface area is 95.4 Å². The minimum atomic E-state index is -0.943. The van der Waals surface area contributed by atoms with E-state index in [-0.39, 0.29) is 0 Å². The summed E-state index contributed by atoms with van der Waals surface area (Å²) in [6.45, 7) is 3.83. The van der Waals surface area contributed by atoms with Crippen molar-refractivity contribution in [2.45, 2.75) is 20.3 Å². The average molecular weight is 220 g/mol. The van der Waals surface area contributed by atoms with Gasteiger partial charge in [-0.05, 0) is 36.6 Å². The Bertz CT molecular complexity index is 419. The molecule has 0 aromatic heterocycles. The Morgan fingerprint density at radius 3 is 2.69 bits per heavy atom. The van der Waals surface area contributed by atoms with Crippen molar-refractivity contribution in [1.29, 1.82) is 0 Å². The molecule has 0 radical (unpaired) electrons. The van der Waals surface area contributed by atoms with E-state index in [2.05, 4.69) is 6.92 Å². The molecule has 0 spiro atoms. The van der Waals surface area contributed by atoms with Crippen molar-refractivity contribution in [2.24, 2.45) is 0 Å². The molecule has 3 heteroatoms. The average Bonchev–Trinajstić information content (AvgIpc) is 2.27. The topological polar surface area (TPSA) is 46.5 Å². The van der Waals surface area contributed by atoms with Crippen molar-refractivity contribution in [3.05, 3.63) is 35.4 Å². The zero-order valence-electron chi connectivity index (χ0n) is 9.78. The molecular formula is C13H16O3. The van der Waals surface area contributed by atoms with Crippen LogP contribution < -0.4 is 4.74 Å². The molecule has 0 saturated heterocycles. The summed E-state index contributed by atoms with van der Waals surface area (Å²) in [6, 6.07) is 5.82. The van der Waals surface area contributed by atoms with Gasteiger partial charge in [0.15, 0.2) is 0 Å². The van der Waals surface area contributed by atoms with Gasteiger partial charge >= 0.3 is 5.97 Å². The highest BCUT2D eigenvalue weighted by Crippen LogP contribution is 2.27. The first-order valence-corrected chi connectivity index (χ1v) is 5.17. The van der Waals surface area contributed by atoms with Crippen LogP contribution >= 0.6 is 0 Å². The minimum Gasteiger partial charge on any atom is -0.496 e. The molecule has 0 saturated carbocycles. The van der Waals surface area contributed by atoms with Crippen LogP contribution in [0.4, 0.5) is 0 Å². The van der Waals surface area contributed by atoms with Crippen molar-refractivity contribution in [2.75, 3.05) is 7.11 Å². The van der Waals surface area contributed by atoms with Gasteiger partial charge in [-0.1, -0.05) is 13.0 Å². The monoisotopic (exact) mass is 220 g/mol. The van der Waals surface area contributed by atoms with Gasteiger partial charge < -0.3 is 9.84 Å². The number of hydrogen-bond donors (Lipinski definition) is 1. The van der Waals surface area contributed by atoms with Crippen molar-refractivity contribution < 1.29 is 14.6 Å². The summed E-state index contributed by atoms with van der Waals surface area (Å²) < 4.78 is 5.21. The highest BCUT2D eigenvalue weighted by molar-refractivity contribution is 5.90. The largest absolute Gasteiger partial charge is 0.496 e. The summed E-state index contributed by atoms with van der Waals surface area (Å²) in [5.41, 5.74) is 2.69. The van der Waals surface area contributed by atoms with E-state index >= 15 is 0 Å². The predicted octanol–water partition coefficient (Wildman–Crippen LogP) is 2.75. The third-order valence-electron chi connectivity index (χ3n) is 2.44. The highest BCUT2D eigenvalue weighted by atomic mass is 16.5. The summed E-state index contributed by atoms with van der Waals surface area (Å²) in [5.74, 6) is -0.242. The molecule has 1 rings (SSSR count). The minimum absolute atomic E-state index is 0.694. The van der Waals surface area contributed by atoms with Gasteiger partial charge in [0.05, 0.1) is 7.11 Å². The van der Waals surface area contributed by atoms with E-state index in [1.54, 1.807) is 14.0 Å². The third-order valence-corrected chi connectivity index (χ3v) is 2.44. The zero-order valence-corrected chi connectivity index (χ0v) is 9.78. The number of benzene rings is 1. The lowest BCUT2D eigenvalue weighted by molar-refractivity contribution is -0.131. The van der Waals surface area contributed by atoms with Gasteiger partial charge in [0.2, 0.25) is 0 Å². The fourth-order valence-corrected chi connectivity index (χ4v) is 1.55. The molecule has 1 aromatic carbocycles. The molecular weight excluding hydrogens is 204 g/mol. The number of aryl methyl sites for hydroxylation is 1. The van der Waals surface area contributed by atoms with Crippen molar-refractivity contribution in [3.8, 4) is 5.75 Å². The van der Waals surface area contributed by atoms with Gasteiger partial charge in [-0.2, -0.15) is 0 Å². The van der Waals surface area contributed by atoms with Gasteiger partial charge in [0.1, 0.15) is 5.75 Å². The summed E-state index contributed by atoms with van der Waals surface area (Å²) in [7, 11) is 1.58. The Hall–Kier alpha value is -1.77. The molecule has 0 aliphatic rings. The maximum absolute atomic E-state index is 10.6. The van der Waals surface area contributed by atoms with Crippen LogP contribution in [-0.2, 0) is 11.2 Å². The summed E-state index contributed by atoms with van der Waals surface area (Å²) in [5, 5.41) is 8.72. The molecule has 0 bridgehead atoms. The van der Waals surface area contributed by atoms with Gasteiger partial charge in [0, 0.05) is 11.6 Å². The fraction of sp³-hybridized carbons (Fsp3) is 0.308. The molecule has 0 fully saturated rings. The normalized spacial score (nSPS) is 11.3.